The third kappa shape index (κ3) is 3.61. The van der Waals surface area contributed by atoms with Gasteiger partial charge in [-0.15, -0.1) is 0 Å². The molecule has 0 aliphatic rings. The van der Waals surface area contributed by atoms with Crippen LogP contribution < -0.4 is 11.1 Å². The van der Waals surface area contributed by atoms with Gasteiger partial charge in [0.2, 0.25) is 0 Å². The molecule has 110 valence electrons. The number of rotatable bonds is 3. The van der Waals surface area contributed by atoms with Gasteiger partial charge < -0.3 is 11.1 Å². The zero-order valence-electron chi connectivity index (χ0n) is 11.8. The van der Waals surface area contributed by atoms with Gasteiger partial charge in [-0.2, -0.15) is 0 Å². The molecule has 0 atom stereocenters. The summed E-state index contributed by atoms with van der Waals surface area (Å²) in [7, 11) is -3.32. The molecule has 0 fully saturated rings. The normalized spacial score (nSPS) is 11.1. The lowest BCUT2D eigenvalue weighted by atomic mass is 10.1. The standard InChI is InChI=1S/C15H16N2O3S/c1-10-6-7-14(16)13(8-10)15(18)17-11-4-3-5-12(9-11)21(2,19)20/h3-9H,16H2,1-2H3,(H,17,18). The van der Waals surface area contributed by atoms with Crippen LogP contribution in [0.25, 0.3) is 0 Å². The lowest BCUT2D eigenvalue weighted by Gasteiger charge is -2.09. The molecule has 6 heteroatoms. The zero-order valence-corrected chi connectivity index (χ0v) is 12.6. The second-order valence-electron chi connectivity index (χ2n) is 4.84. The smallest absolute Gasteiger partial charge is 0.257 e. The summed E-state index contributed by atoms with van der Waals surface area (Å²) in [5.41, 5.74) is 7.84. The molecule has 1 amide bonds. The van der Waals surface area contributed by atoms with Crippen LogP contribution in [0, 0.1) is 6.92 Å². The minimum absolute atomic E-state index is 0.150. The molecule has 2 aromatic rings. The maximum Gasteiger partial charge on any atom is 0.257 e. The van der Waals surface area contributed by atoms with E-state index in [1.165, 1.54) is 12.1 Å². The van der Waals surface area contributed by atoms with Gasteiger partial charge in [-0.3, -0.25) is 4.79 Å². The van der Waals surface area contributed by atoms with Crippen LogP contribution in [-0.2, 0) is 9.84 Å². The first-order valence-electron chi connectivity index (χ1n) is 6.25. The van der Waals surface area contributed by atoms with E-state index in [1.807, 2.05) is 13.0 Å². The maximum absolute atomic E-state index is 12.2. The first kappa shape index (κ1) is 15.1. The van der Waals surface area contributed by atoms with Gasteiger partial charge in [0.05, 0.1) is 10.5 Å². The predicted molar refractivity (Wildman–Crippen MR) is 83.1 cm³/mol. The number of hydrogen-bond acceptors (Lipinski definition) is 4. The highest BCUT2D eigenvalue weighted by atomic mass is 32.2. The maximum atomic E-state index is 12.2. The van der Waals surface area contributed by atoms with E-state index >= 15 is 0 Å². The second-order valence-corrected chi connectivity index (χ2v) is 6.86. The third-order valence-electron chi connectivity index (χ3n) is 2.97. The number of nitrogens with one attached hydrogen (secondary N) is 1. The highest BCUT2D eigenvalue weighted by Gasteiger charge is 2.12. The highest BCUT2D eigenvalue weighted by Crippen LogP contribution is 2.19. The summed E-state index contributed by atoms with van der Waals surface area (Å²) in [6.07, 6.45) is 1.12. The van der Waals surface area contributed by atoms with E-state index < -0.39 is 9.84 Å². The molecule has 0 aliphatic carbocycles. The molecule has 3 N–H and O–H groups in total. The Hall–Kier alpha value is -2.34. The molecule has 2 rings (SSSR count). The van der Waals surface area contributed by atoms with Crippen LogP contribution in [0.4, 0.5) is 11.4 Å². The van der Waals surface area contributed by atoms with Crippen molar-refractivity contribution in [2.75, 3.05) is 17.3 Å². The number of anilines is 2. The summed E-state index contributed by atoms with van der Waals surface area (Å²) in [6.45, 7) is 1.86. The Morgan fingerprint density at radius 1 is 1.14 bits per heavy atom. The van der Waals surface area contributed by atoms with Crippen molar-refractivity contribution in [3.05, 3.63) is 53.6 Å². The van der Waals surface area contributed by atoms with Gasteiger partial charge in [-0.05, 0) is 37.3 Å². The molecular formula is C15H16N2O3S. The van der Waals surface area contributed by atoms with Gasteiger partial charge in [0.15, 0.2) is 9.84 Å². The van der Waals surface area contributed by atoms with Crippen molar-refractivity contribution in [1.82, 2.24) is 0 Å². The Balaban J connectivity index is 2.30. The first-order valence-corrected chi connectivity index (χ1v) is 8.14. The number of benzene rings is 2. The molecule has 0 aromatic heterocycles. The molecule has 21 heavy (non-hydrogen) atoms. The van der Waals surface area contributed by atoms with Gasteiger partial charge in [0.25, 0.3) is 5.91 Å². The first-order chi connectivity index (χ1) is 9.77. The number of aryl methyl sites for hydroxylation is 1. The van der Waals surface area contributed by atoms with Gasteiger partial charge in [0, 0.05) is 17.6 Å². The fourth-order valence-corrected chi connectivity index (χ4v) is 2.54. The Labute approximate surface area is 123 Å². The quantitative estimate of drug-likeness (QED) is 0.851. The van der Waals surface area contributed by atoms with Crippen molar-refractivity contribution >= 4 is 27.1 Å². The molecule has 0 bridgehead atoms. The second kappa shape index (κ2) is 5.57. The molecule has 0 unspecified atom stereocenters. The molecule has 0 aliphatic heterocycles. The summed E-state index contributed by atoms with van der Waals surface area (Å²) in [5, 5.41) is 2.66. The average Bonchev–Trinajstić information content (AvgIpc) is 2.41. The topological polar surface area (TPSA) is 89.3 Å². The van der Waals surface area contributed by atoms with E-state index in [-0.39, 0.29) is 10.8 Å². The molecule has 0 heterocycles. The van der Waals surface area contributed by atoms with Crippen molar-refractivity contribution in [2.24, 2.45) is 0 Å². The van der Waals surface area contributed by atoms with Crippen molar-refractivity contribution in [2.45, 2.75) is 11.8 Å². The zero-order chi connectivity index (χ0) is 15.6. The number of carbonyl (C=O) groups is 1. The predicted octanol–water partition coefficient (Wildman–Crippen LogP) is 2.23. The van der Waals surface area contributed by atoms with E-state index in [0.29, 0.717) is 16.9 Å². The van der Waals surface area contributed by atoms with Crippen LogP contribution in [-0.4, -0.2) is 20.6 Å². The summed E-state index contributed by atoms with van der Waals surface area (Å²) < 4.78 is 23.0. The van der Waals surface area contributed by atoms with Crippen LogP contribution in [0.3, 0.4) is 0 Å². The fourth-order valence-electron chi connectivity index (χ4n) is 1.87. The summed E-state index contributed by atoms with van der Waals surface area (Å²) in [6, 6.07) is 11.3. The molecular weight excluding hydrogens is 288 g/mol. The van der Waals surface area contributed by atoms with Gasteiger partial charge in [-0.1, -0.05) is 17.7 Å². The number of nitrogen functional groups attached to an aromatic ring is 1. The Bertz CT molecular complexity index is 798. The summed E-state index contributed by atoms with van der Waals surface area (Å²) in [4.78, 5) is 12.4. The van der Waals surface area contributed by atoms with Crippen LogP contribution in [0.15, 0.2) is 47.4 Å². The minimum atomic E-state index is -3.32. The van der Waals surface area contributed by atoms with Crippen LogP contribution in [0.2, 0.25) is 0 Å². The van der Waals surface area contributed by atoms with Gasteiger partial charge in [0.1, 0.15) is 0 Å². The van der Waals surface area contributed by atoms with E-state index in [4.69, 9.17) is 5.73 Å². The van der Waals surface area contributed by atoms with E-state index in [0.717, 1.165) is 11.8 Å². The summed E-state index contributed by atoms with van der Waals surface area (Å²) in [5.74, 6) is -0.373. The van der Waals surface area contributed by atoms with Crippen LogP contribution in [0.5, 0.6) is 0 Å². The van der Waals surface area contributed by atoms with Crippen LogP contribution in [0.1, 0.15) is 15.9 Å². The third-order valence-corrected chi connectivity index (χ3v) is 4.08. The van der Waals surface area contributed by atoms with Crippen molar-refractivity contribution in [1.29, 1.82) is 0 Å². The number of amides is 1. The molecule has 0 saturated carbocycles. The summed E-state index contributed by atoms with van der Waals surface area (Å²) >= 11 is 0. The highest BCUT2D eigenvalue weighted by molar-refractivity contribution is 7.90. The largest absolute Gasteiger partial charge is 0.398 e. The van der Waals surface area contributed by atoms with E-state index in [1.54, 1.807) is 24.3 Å². The number of hydrogen-bond donors (Lipinski definition) is 2. The Morgan fingerprint density at radius 2 is 1.86 bits per heavy atom. The number of nitrogens with two attached hydrogens (primary N) is 1. The molecule has 0 spiro atoms. The minimum Gasteiger partial charge on any atom is -0.398 e. The van der Waals surface area contributed by atoms with E-state index in [2.05, 4.69) is 5.32 Å². The van der Waals surface area contributed by atoms with Crippen molar-refractivity contribution in [3.63, 3.8) is 0 Å². The average molecular weight is 304 g/mol. The monoisotopic (exact) mass is 304 g/mol. The van der Waals surface area contributed by atoms with Crippen LogP contribution >= 0.6 is 0 Å². The van der Waals surface area contributed by atoms with Crippen molar-refractivity contribution in [3.8, 4) is 0 Å². The Morgan fingerprint density at radius 3 is 2.52 bits per heavy atom. The molecule has 0 saturated heterocycles. The molecule has 5 nitrogen and oxygen atoms in total. The fraction of sp³-hybridized carbons (Fsp3) is 0.133. The lowest BCUT2D eigenvalue weighted by Crippen LogP contribution is -2.14. The van der Waals surface area contributed by atoms with E-state index in [9.17, 15) is 13.2 Å². The molecule has 2 aromatic carbocycles. The lowest BCUT2D eigenvalue weighted by molar-refractivity contribution is 0.102. The Kier molecular flexibility index (Phi) is 3.99. The molecule has 0 radical (unpaired) electrons. The SMILES string of the molecule is Cc1ccc(N)c(C(=O)Nc2cccc(S(C)(=O)=O)c2)c1. The number of carbonyl (C=O) groups excluding carboxylic acids is 1. The van der Waals surface area contributed by atoms with Gasteiger partial charge in [-0.25, -0.2) is 8.42 Å². The van der Waals surface area contributed by atoms with Gasteiger partial charge >= 0.3 is 0 Å². The number of sulfone groups is 1. The van der Waals surface area contributed by atoms with Crippen molar-refractivity contribution < 1.29 is 13.2 Å².